The Balaban J connectivity index is 1.44. The second-order valence-electron chi connectivity index (χ2n) is 8.38. The minimum atomic E-state index is -0.667. The summed E-state index contributed by atoms with van der Waals surface area (Å²) in [6, 6.07) is 27.5. The van der Waals surface area contributed by atoms with Crippen molar-refractivity contribution < 1.29 is 14.5 Å². The zero-order chi connectivity index (χ0) is 26.5. The molecule has 2 aromatic heterocycles. The maximum atomic E-state index is 13.3. The van der Waals surface area contributed by atoms with E-state index in [9.17, 15) is 14.9 Å². The molecule has 5 aromatic rings. The molecular weight excluding hydrogens is 484 g/mol. The van der Waals surface area contributed by atoms with Crippen LogP contribution in [0.4, 0.5) is 11.5 Å². The van der Waals surface area contributed by atoms with Crippen molar-refractivity contribution in [3.63, 3.8) is 0 Å². The van der Waals surface area contributed by atoms with Crippen molar-refractivity contribution in [1.82, 2.24) is 20.4 Å². The van der Waals surface area contributed by atoms with Crippen LogP contribution in [-0.4, -0.2) is 25.8 Å². The highest BCUT2D eigenvalue weighted by Gasteiger charge is 2.28. The maximum Gasteiger partial charge on any atom is 0.374 e. The number of amides is 1. The lowest BCUT2D eigenvalue weighted by Gasteiger charge is -2.18. The number of carbonyl (C=O) groups is 1. The van der Waals surface area contributed by atoms with E-state index in [0.717, 1.165) is 28.5 Å². The zero-order valence-corrected chi connectivity index (χ0v) is 20.2. The minimum Gasteiger partial charge on any atom is -0.431 e. The van der Waals surface area contributed by atoms with Gasteiger partial charge >= 0.3 is 11.6 Å². The van der Waals surface area contributed by atoms with Crippen LogP contribution in [0.25, 0.3) is 10.9 Å². The van der Waals surface area contributed by atoms with Crippen LogP contribution >= 0.6 is 0 Å². The summed E-state index contributed by atoms with van der Waals surface area (Å²) in [5.41, 5.74) is 7.46. The van der Waals surface area contributed by atoms with Crippen molar-refractivity contribution in [2.45, 2.75) is 12.8 Å². The van der Waals surface area contributed by atoms with Gasteiger partial charge in [0.25, 0.3) is 0 Å². The Hall–Kier alpha value is -5.38. The smallest absolute Gasteiger partial charge is 0.374 e. The summed E-state index contributed by atoms with van der Waals surface area (Å²) < 4.78 is 5.86. The van der Waals surface area contributed by atoms with E-state index in [1.54, 1.807) is 12.1 Å². The molecule has 2 N–H and O–H groups in total. The highest BCUT2D eigenvalue weighted by Crippen LogP contribution is 2.36. The number of benzene rings is 3. The molecule has 3 aromatic carbocycles. The van der Waals surface area contributed by atoms with Crippen LogP contribution in [0.5, 0.6) is 11.6 Å². The fraction of sp³-hybridized carbons (Fsp3) is 0.0714. The van der Waals surface area contributed by atoms with Crippen LogP contribution in [0, 0.1) is 17.0 Å². The fourth-order valence-corrected chi connectivity index (χ4v) is 4.08. The lowest BCUT2D eigenvalue weighted by molar-refractivity contribution is -0.385. The summed E-state index contributed by atoms with van der Waals surface area (Å²) in [6.45, 7) is 1.84. The third kappa shape index (κ3) is 5.09. The first-order valence-corrected chi connectivity index (χ1v) is 11.7. The first-order valence-electron chi connectivity index (χ1n) is 11.7. The highest BCUT2D eigenvalue weighted by atomic mass is 16.6. The molecule has 10 heteroatoms. The van der Waals surface area contributed by atoms with E-state index < -0.39 is 22.4 Å². The first kappa shape index (κ1) is 24.3. The van der Waals surface area contributed by atoms with Gasteiger partial charge in [0, 0.05) is 11.1 Å². The minimum absolute atomic E-state index is 0.224. The number of pyridine rings is 1. The van der Waals surface area contributed by atoms with Gasteiger partial charge in [0.1, 0.15) is 11.8 Å². The van der Waals surface area contributed by atoms with Crippen molar-refractivity contribution in [3.05, 3.63) is 124 Å². The lowest BCUT2D eigenvalue weighted by atomic mass is 9.91. The molecule has 0 aliphatic heterocycles. The molecule has 0 fully saturated rings. The molecule has 0 bridgehead atoms. The highest BCUT2D eigenvalue weighted by molar-refractivity contribution is 5.88. The number of anilines is 1. The molecule has 0 saturated carbocycles. The Morgan fingerprint density at radius 3 is 2.24 bits per heavy atom. The Morgan fingerprint density at radius 2 is 1.58 bits per heavy atom. The van der Waals surface area contributed by atoms with Gasteiger partial charge in [0.2, 0.25) is 11.7 Å². The fourth-order valence-electron chi connectivity index (χ4n) is 4.08. The molecule has 0 aliphatic rings. The van der Waals surface area contributed by atoms with Gasteiger partial charge in [-0.3, -0.25) is 25.8 Å². The van der Waals surface area contributed by atoms with Crippen molar-refractivity contribution in [2.75, 3.05) is 5.43 Å². The van der Waals surface area contributed by atoms with Gasteiger partial charge in [-0.2, -0.15) is 4.98 Å². The number of carbonyl (C=O) groups excluding carboxylic acids is 1. The third-order valence-corrected chi connectivity index (χ3v) is 5.83. The first-order chi connectivity index (χ1) is 18.5. The molecule has 1 amide bonds. The Labute approximate surface area is 217 Å². The molecule has 5 rings (SSSR count). The number of aryl methyl sites for hydroxylation is 1. The molecule has 0 atom stereocenters. The SMILES string of the molecule is Cc1ccc2cccc(Oc3ncnc(NNC(=O)C(c4ccccc4)c4ccccc4)c3[N+](=O)[O-])c2n1. The van der Waals surface area contributed by atoms with Gasteiger partial charge in [-0.25, -0.2) is 9.97 Å². The summed E-state index contributed by atoms with van der Waals surface area (Å²) in [5, 5.41) is 12.9. The second kappa shape index (κ2) is 10.7. The predicted molar refractivity (Wildman–Crippen MR) is 142 cm³/mol. The molecular formula is C28H22N6O4. The number of hydrogen-bond acceptors (Lipinski definition) is 8. The van der Waals surface area contributed by atoms with Gasteiger partial charge in [-0.1, -0.05) is 78.9 Å². The van der Waals surface area contributed by atoms with Crippen LogP contribution in [0.15, 0.2) is 97.3 Å². The molecule has 0 spiro atoms. The number of nitro groups is 1. The van der Waals surface area contributed by atoms with Crippen molar-refractivity contribution in [2.24, 2.45) is 0 Å². The van der Waals surface area contributed by atoms with E-state index >= 15 is 0 Å². The molecule has 0 unspecified atom stereocenters. The third-order valence-electron chi connectivity index (χ3n) is 5.83. The number of hydrogen-bond donors (Lipinski definition) is 2. The van der Waals surface area contributed by atoms with Gasteiger partial charge < -0.3 is 4.74 Å². The number of hydrazine groups is 1. The summed E-state index contributed by atoms with van der Waals surface area (Å²) in [7, 11) is 0. The van der Waals surface area contributed by atoms with Gasteiger partial charge in [-0.05, 0) is 30.2 Å². The van der Waals surface area contributed by atoms with Crippen molar-refractivity contribution >= 4 is 28.3 Å². The van der Waals surface area contributed by atoms with Gasteiger partial charge in [-0.15, -0.1) is 0 Å². The van der Waals surface area contributed by atoms with E-state index in [4.69, 9.17) is 4.74 Å². The lowest BCUT2D eigenvalue weighted by Crippen LogP contribution is -2.35. The van der Waals surface area contributed by atoms with Crippen LogP contribution in [-0.2, 0) is 4.79 Å². The van der Waals surface area contributed by atoms with Gasteiger partial charge in [0.05, 0.1) is 10.8 Å². The molecule has 2 heterocycles. The average molecular weight is 507 g/mol. The Morgan fingerprint density at radius 1 is 0.895 bits per heavy atom. The molecule has 188 valence electrons. The molecule has 0 saturated heterocycles. The molecule has 10 nitrogen and oxygen atoms in total. The summed E-state index contributed by atoms with van der Waals surface area (Å²) in [4.78, 5) is 37.2. The average Bonchev–Trinajstić information content (AvgIpc) is 2.93. The van der Waals surface area contributed by atoms with E-state index in [2.05, 4.69) is 25.8 Å². The largest absolute Gasteiger partial charge is 0.431 e. The topological polar surface area (TPSA) is 132 Å². The quantitative estimate of drug-likeness (QED) is 0.214. The normalized spacial score (nSPS) is 10.8. The van der Waals surface area contributed by atoms with E-state index in [-0.39, 0.29) is 11.7 Å². The molecule has 38 heavy (non-hydrogen) atoms. The van der Waals surface area contributed by atoms with Crippen LogP contribution in [0.3, 0.4) is 0 Å². The number of nitrogens with one attached hydrogen (secondary N) is 2. The monoisotopic (exact) mass is 506 g/mol. The van der Waals surface area contributed by atoms with Crippen molar-refractivity contribution in [1.29, 1.82) is 0 Å². The van der Waals surface area contributed by atoms with E-state index in [0.29, 0.717) is 11.3 Å². The second-order valence-corrected chi connectivity index (χ2v) is 8.38. The van der Waals surface area contributed by atoms with Crippen molar-refractivity contribution in [3.8, 4) is 11.6 Å². The summed E-state index contributed by atoms with van der Waals surface area (Å²) >= 11 is 0. The van der Waals surface area contributed by atoms with Crippen LogP contribution < -0.4 is 15.6 Å². The standard InChI is InChI=1S/C28H22N6O4/c1-18-15-16-21-13-8-14-22(24(21)31-18)38-28-25(34(36)37)26(29-17-30-28)32-33-27(35)23(19-9-4-2-5-10-19)20-11-6-3-7-12-20/h2-17,23H,1H3,(H,33,35)(H,29,30,32). The summed E-state index contributed by atoms with van der Waals surface area (Å²) in [5.74, 6) is -1.30. The number of rotatable bonds is 8. The maximum absolute atomic E-state index is 13.3. The molecule has 0 aliphatic carbocycles. The zero-order valence-electron chi connectivity index (χ0n) is 20.2. The summed E-state index contributed by atoms with van der Waals surface area (Å²) in [6.07, 6.45) is 1.12. The predicted octanol–water partition coefficient (Wildman–Crippen LogP) is 5.31. The van der Waals surface area contributed by atoms with E-state index in [1.165, 1.54) is 0 Å². The Bertz CT molecular complexity index is 1570. The number of fused-ring (bicyclic) bond motifs is 1. The van der Waals surface area contributed by atoms with Crippen LogP contribution in [0.2, 0.25) is 0 Å². The number of nitrogens with zero attached hydrogens (tertiary/aromatic N) is 4. The van der Waals surface area contributed by atoms with Crippen LogP contribution in [0.1, 0.15) is 22.7 Å². The number of para-hydroxylation sites is 1. The Kier molecular flexibility index (Phi) is 6.85. The molecule has 0 radical (unpaired) electrons. The van der Waals surface area contributed by atoms with Gasteiger partial charge in [0.15, 0.2) is 5.75 Å². The number of aromatic nitrogens is 3. The van der Waals surface area contributed by atoms with E-state index in [1.807, 2.05) is 85.8 Å². The number of ether oxygens (including phenoxy) is 1.